The zero-order chi connectivity index (χ0) is 18.1. The Hall–Kier alpha value is -2.25. The second kappa shape index (κ2) is 6.70. The molecule has 1 aliphatic rings. The van der Waals surface area contributed by atoms with Crippen LogP contribution >= 0.6 is 0 Å². The van der Waals surface area contributed by atoms with Crippen molar-refractivity contribution in [2.24, 2.45) is 11.8 Å². The number of rotatable bonds is 6. The number of carbonyl (C=O) groups excluding carboxylic acids is 1. The summed E-state index contributed by atoms with van der Waals surface area (Å²) in [7, 11) is 0. The van der Waals surface area contributed by atoms with E-state index < -0.39 is 36.1 Å². The van der Waals surface area contributed by atoms with Gasteiger partial charge in [-0.05, 0) is 29.9 Å². The molecule has 0 heterocycles. The molecule has 5 nitrogen and oxygen atoms in total. The van der Waals surface area contributed by atoms with E-state index in [1.165, 1.54) is 18.2 Å². The number of halogens is 3. The highest BCUT2D eigenvalue weighted by Crippen LogP contribution is 2.51. The number of amides is 1. The van der Waals surface area contributed by atoms with Gasteiger partial charge in [0.05, 0.1) is 0 Å². The summed E-state index contributed by atoms with van der Waals surface area (Å²) in [6.07, 6.45) is -4.46. The van der Waals surface area contributed by atoms with E-state index in [2.05, 4.69) is 10.1 Å². The van der Waals surface area contributed by atoms with Crippen LogP contribution in [0.1, 0.15) is 31.7 Å². The van der Waals surface area contributed by atoms with Gasteiger partial charge in [0.25, 0.3) is 0 Å². The molecule has 1 fully saturated rings. The third kappa shape index (κ3) is 4.39. The number of para-hydroxylation sites is 1. The van der Waals surface area contributed by atoms with Crippen molar-refractivity contribution >= 4 is 11.9 Å². The van der Waals surface area contributed by atoms with Gasteiger partial charge < -0.3 is 15.2 Å². The molecule has 2 unspecified atom stereocenters. The Kier molecular flexibility index (Phi) is 5.05. The smallest absolute Gasteiger partial charge is 0.480 e. The lowest BCUT2D eigenvalue weighted by atomic mass is 10.0. The summed E-state index contributed by atoms with van der Waals surface area (Å²) >= 11 is 0. The zero-order valence-electron chi connectivity index (χ0n) is 13.1. The number of aliphatic carboxylic acids is 1. The number of carboxylic acids is 1. The van der Waals surface area contributed by atoms with Gasteiger partial charge in [-0.3, -0.25) is 4.79 Å². The van der Waals surface area contributed by atoms with Crippen molar-refractivity contribution in [1.29, 1.82) is 0 Å². The number of benzene rings is 1. The van der Waals surface area contributed by atoms with Gasteiger partial charge in [0, 0.05) is 5.92 Å². The normalized spacial score (nSPS) is 21.2. The number of carbonyl (C=O) groups is 2. The molecule has 132 valence electrons. The van der Waals surface area contributed by atoms with Gasteiger partial charge in [-0.1, -0.05) is 32.0 Å². The van der Waals surface area contributed by atoms with Gasteiger partial charge in [0.15, 0.2) is 0 Å². The van der Waals surface area contributed by atoms with Gasteiger partial charge in [0.2, 0.25) is 5.91 Å². The zero-order valence-corrected chi connectivity index (χ0v) is 13.1. The molecule has 1 amide bonds. The molecular formula is C16H18F3NO4. The maximum absolute atomic E-state index is 12.4. The topological polar surface area (TPSA) is 75.6 Å². The summed E-state index contributed by atoms with van der Waals surface area (Å²) in [5.41, 5.74) is 0.298. The van der Waals surface area contributed by atoms with Crippen molar-refractivity contribution in [2.75, 3.05) is 0 Å². The molecule has 24 heavy (non-hydrogen) atoms. The number of ether oxygens (including phenoxy) is 1. The van der Waals surface area contributed by atoms with Crippen molar-refractivity contribution in [2.45, 2.75) is 38.6 Å². The summed E-state index contributed by atoms with van der Waals surface area (Å²) < 4.78 is 41.3. The fourth-order valence-corrected chi connectivity index (χ4v) is 2.61. The van der Waals surface area contributed by atoms with E-state index in [4.69, 9.17) is 5.11 Å². The highest BCUT2D eigenvalue weighted by Gasteiger charge is 2.47. The number of alkyl halides is 3. The first-order valence-electron chi connectivity index (χ1n) is 7.48. The van der Waals surface area contributed by atoms with Crippen LogP contribution in [0.3, 0.4) is 0 Å². The first-order valence-corrected chi connectivity index (χ1v) is 7.48. The molecule has 3 atom stereocenters. The van der Waals surface area contributed by atoms with Crippen LogP contribution in [0, 0.1) is 11.8 Å². The lowest BCUT2D eigenvalue weighted by molar-refractivity contribution is -0.274. The Morgan fingerprint density at radius 2 is 1.92 bits per heavy atom. The van der Waals surface area contributed by atoms with Crippen molar-refractivity contribution < 1.29 is 32.6 Å². The largest absolute Gasteiger partial charge is 0.573 e. The Labute approximate surface area is 136 Å². The molecular weight excluding hydrogens is 327 g/mol. The predicted molar refractivity (Wildman–Crippen MR) is 78.4 cm³/mol. The molecule has 1 saturated carbocycles. The minimum absolute atomic E-state index is 0.298. The second-order valence-electron chi connectivity index (χ2n) is 6.10. The minimum Gasteiger partial charge on any atom is -0.480 e. The van der Waals surface area contributed by atoms with E-state index in [0.717, 1.165) is 0 Å². The maximum Gasteiger partial charge on any atom is 0.573 e. The fourth-order valence-electron chi connectivity index (χ4n) is 2.61. The molecule has 0 bridgehead atoms. The molecule has 1 aromatic rings. The molecule has 2 N–H and O–H groups in total. The van der Waals surface area contributed by atoms with E-state index in [9.17, 15) is 22.8 Å². The molecule has 1 aromatic carbocycles. The Balaban J connectivity index is 2.07. The molecule has 0 saturated heterocycles. The number of nitrogens with one attached hydrogen (secondary N) is 1. The molecule has 1 aliphatic carbocycles. The number of carboxylic acid groups (broad SMARTS) is 1. The molecule has 0 spiro atoms. The van der Waals surface area contributed by atoms with Gasteiger partial charge in [-0.25, -0.2) is 4.79 Å². The molecule has 8 heteroatoms. The molecule has 2 rings (SSSR count). The molecule has 0 radical (unpaired) electrons. The van der Waals surface area contributed by atoms with Gasteiger partial charge in [-0.15, -0.1) is 13.2 Å². The quantitative estimate of drug-likeness (QED) is 0.831. The van der Waals surface area contributed by atoms with Crippen LogP contribution in [-0.2, 0) is 9.59 Å². The number of hydrogen-bond donors (Lipinski definition) is 2. The summed E-state index contributed by atoms with van der Waals surface area (Å²) in [5, 5.41) is 11.5. The highest BCUT2D eigenvalue weighted by molar-refractivity contribution is 5.87. The number of hydrogen-bond acceptors (Lipinski definition) is 3. The lowest BCUT2D eigenvalue weighted by Gasteiger charge is -2.18. The minimum atomic E-state index is -4.81. The van der Waals surface area contributed by atoms with Crippen LogP contribution in [0.15, 0.2) is 24.3 Å². The summed E-state index contributed by atoms with van der Waals surface area (Å²) in [6.45, 7) is 3.33. The summed E-state index contributed by atoms with van der Waals surface area (Å²) in [5.74, 6) is -3.21. The second-order valence-corrected chi connectivity index (χ2v) is 6.10. The first kappa shape index (κ1) is 18.1. The van der Waals surface area contributed by atoms with E-state index in [0.29, 0.717) is 12.0 Å². The van der Waals surface area contributed by atoms with E-state index in [1.807, 2.05) is 0 Å². The standard InChI is InChI=1S/C16H18F3NO4/c1-8(2)13(15(22)23)20-14(21)11-7-10(11)9-5-3-4-6-12(9)24-16(17,18)19/h3-6,8,10-11,13H,7H2,1-2H3,(H,20,21)(H,22,23)/t10?,11?,13-/m1/s1. The first-order chi connectivity index (χ1) is 11.1. The maximum atomic E-state index is 12.4. The predicted octanol–water partition coefficient (Wildman–Crippen LogP) is 2.91. The van der Waals surface area contributed by atoms with Gasteiger partial charge in [0.1, 0.15) is 11.8 Å². The highest BCUT2D eigenvalue weighted by atomic mass is 19.4. The van der Waals surface area contributed by atoms with Crippen molar-refractivity contribution in [3.8, 4) is 5.75 Å². The van der Waals surface area contributed by atoms with Gasteiger partial charge >= 0.3 is 12.3 Å². The monoisotopic (exact) mass is 345 g/mol. The molecule has 0 aliphatic heterocycles. The fraction of sp³-hybridized carbons (Fsp3) is 0.500. The van der Waals surface area contributed by atoms with Crippen LogP contribution < -0.4 is 10.1 Å². The summed E-state index contributed by atoms with van der Waals surface area (Å²) in [4.78, 5) is 23.3. The van der Waals surface area contributed by atoms with Crippen molar-refractivity contribution in [3.05, 3.63) is 29.8 Å². The van der Waals surface area contributed by atoms with Crippen LogP contribution in [0.25, 0.3) is 0 Å². The Bertz CT molecular complexity index is 630. The molecule has 0 aromatic heterocycles. The lowest BCUT2D eigenvalue weighted by Crippen LogP contribution is -2.45. The Morgan fingerprint density at radius 1 is 1.29 bits per heavy atom. The third-order valence-electron chi connectivity index (χ3n) is 3.90. The Morgan fingerprint density at radius 3 is 2.46 bits per heavy atom. The van der Waals surface area contributed by atoms with Crippen molar-refractivity contribution in [3.63, 3.8) is 0 Å². The van der Waals surface area contributed by atoms with Crippen molar-refractivity contribution in [1.82, 2.24) is 5.32 Å². The van der Waals surface area contributed by atoms with Crippen LogP contribution in [0.2, 0.25) is 0 Å². The van der Waals surface area contributed by atoms with Crippen LogP contribution in [0.5, 0.6) is 5.75 Å². The van der Waals surface area contributed by atoms with E-state index >= 15 is 0 Å². The van der Waals surface area contributed by atoms with E-state index in [1.54, 1.807) is 19.9 Å². The van der Waals surface area contributed by atoms with Gasteiger partial charge in [-0.2, -0.15) is 0 Å². The van der Waals surface area contributed by atoms with Crippen LogP contribution in [-0.4, -0.2) is 29.4 Å². The third-order valence-corrected chi connectivity index (χ3v) is 3.90. The average Bonchev–Trinajstić information content (AvgIpc) is 3.23. The average molecular weight is 345 g/mol. The van der Waals surface area contributed by atoms with E-state index in [-0.39, 0.29) is 11.7 Å². The summed E-state index contributed by atoms with van der Waals surface area (Å²) in [6, 6.07) is 4.64. The van der Waals surface area contributed by atoms with Crippen LogP contribution in [0.4, 0.5) is 13.2 Å². The SMILES string of the molecule is CC(C)[C@@H](NC(=O)C1CC1c1ccccc1OC(F)(F)F)C(=O)O.